The number of nitrogens with zero attached hydrogens (tertiary/aromatic N) is 3. The van der Waals surface area contributed by atoms with Crippen LogP contribution in [0.3, 0.4) is 0 Å². The van der Waals surface area contributed by atoms with Gasteiger partial charge in [0.05, 0.1) is 26.3 Å². The van der Waals surface area contributed by atoms with Crippen molar-refractivity contribution in [1.82, 2.24) is 15.6 Å². The molecule has 2 aromatic rings. The van der Waals surface area contributed by atoms with E-state index in [9.17, 15) is 0 Å². The van der Waals surface area contributed by atoms with Gasteiger partial charge in [-0.25, -0.2) is 9.98 Å². The number of pyridine rings is 1. The molecule has 140 valence electrons. The quantitative estimate of drug-likeness (QED) is 0.602. The van der Waals surface area contributed by atoms with E-state index in [2.05, 4.69) is 52.6 Å². The molecule has 0 radical (unpaired) electrons. The summed E-state index contributed by atoms with van der Waals surface area (Å²) >= 11 is 1.81. The Bertz CT molecular complexity index is 724. The van der Waals surface area contributed by atoms with E-state index in [1.54, 1.807) is 0 Å². The highest BCUT2D eigenvalue weighted by Crippen LogP contribution is 2.19. The van der Waals surface area contributed by atoms with Gasteiger partial charge in [0.1, 0.15) is 5.82 Å². The third-order valence-electron chi connectivity index (χ3n) is 4.16. The Hall–Kier alpha value is -2.12. The average molecular weight is 374 g/mol. The van der Waals surface area contributed by atoms with Crippen molar-refractivity contribution in [3.05, 3.63) is 45.8 Å². The van der Waals surface area contributed by atoms with E-state index in [0.717, 1.165) is 56.7 Å². The Morgan fingerprint density at radius 1 is 1.27 bits per heavy atom. The summed E-state index contributed by atoms with van der Waals surface area (Å²) in [5.74, 6) is 1.85. The van der Waals surface area contributed by atoms with Crippen molar-refractivity contribution >= 4 is 23.1 Å². The molecule has 1 saturated heterocycles. The molecule has 0 spiro atoms. The van der Waals surface area contributed by atoms with Gasteiger partial charge >= 0.3 is 0 Å². The van der Waals surface area contributed by atoms with Gasteiger partial charge < -0.3 is 20.3 Å². The highest BCUT2D eigenvalue weighted by molar-refractivity contribution is 7.11. The van der Waals surface area contributed by atoms with Crippen LogP contribution in [0.5, 0.6) is 0 Å². The molecule has 0 aliphatic carbocycles. The fourth-order valence-corrected chi connectivity index (χ4v) is 3.70. The molecule has 0 saturated carbocycles. The molecule has 1 aliphatic rings. The highest BCUT2D eigenvalue weighted by Gasteiger charge is 2.15. The zero-order chi connectivity index (χ0) is 18.2. The molecule has 0 atom stereocenters. The average Bonchev–Trinajstić information content (AvgIpc) is 3.10. The van der Waals surface area contributed by atoms with Crippen molar-refractivity contribution in [2.45, 2.75) is 26.9 Å². The van der Waals surface area contributed by atoms with Gasteiger partial charge in [0.15, 0.2) is 5.96 Å². The van der Waals surface area contributed by atoms with Gasteiger partial charge in [-0.2, -0.15) is 0 Å². The minimum Gasteiger partial charge on any atom is -0.378 e. The van der Waals surface area contributed by atoms with E-state index in [1.807, 2.05) is 23.6 Å². The Labute approximate surface area is 159 Å². The number of thiophene rings is 1. The lowest BCUT2D eigenvalue weighted by Gasteiger charge is -2.29. The van der Waals surface area contributed by atoms with Crippen LogP contribution in [-0.4, -0.2) is 43.8 Å². The number of morpholine rings is 1. The van der Waals surface area contributed by atoms with E-state index in [0.29, 0.717) is 6.54 Å². The second-order valence-electron chi connectivity index (χ2n) is 6.15. The number of ether oxygens (including phenoxy) is 1. The molecule has 6 nitrogen and oxygen atoms in total. The summed E-state index contributed by atoms with van der Waals surface area (Å²) in [6.07, 6.45) is 1.85. The third-order valence-corrected chi connectivity index (χ3v) is 5.16. The zero-order valence-electron chi connectivity index (χ0n) is 15.5. The van der Waals surface area contributed by atoms with Crippen molar-refractivity contribution in [1.29, 1.82) is 0 Å². The maximum absolute atomic E-state index is 5.45. The first-order valence-electron chi connectivity index (χ1n) is 9.10. The summed E-state index contributed by atoms with van der Waals surface area (Å²) < 4.78 is 5.45. The van der Waals surface area contributed by atoms with Crippen molar-refractivity contribution in [2.75, 3.05) is 37.7 Å². The first-order valence-corrected chi connectivity index (χ1v) is 9.92. The lowest BCUT2D eigenvalue weighted by molar-refractivity contribution is 0.122. The second-order valence-corrected chi connectivity index (χ2v) is 7.52. The van der Waals surface area contributed by atoms with Crippen molar-refractivity contribution < 1.29 is 4.74 Å². The van der Waals surface area contributed by atoms with Crippen molar-refractivity contribution in [2.24, 2.45) is 4.99 Å². The molecule has 0 aromatic carbocycles. The minimum absolute atomic E-state index is 0.597. The van der Waals surface area contributed by atoms with Crippen LogP contribution < -0.4 is 15.5 Å². The maximum Gasteiger partial charge on any atom is 0.191 e. The predicted molar refractivity (Wildman–Crippen MR) is 108 cm³/mol. The van der Waals surface area contributed by atoms with Crippen LogP contribution in [0.2, 0.25) is 0 Å². The van der Waals surface area contributed by atoms with Crippen LogP contribution >= 0.6 is 11.3 Å². The first kappa shape index (κ1) is 18.7. The maximum atomic E-state index is 5.45. The molecule has 26 heavy (non-hydrogen) atoms. The smallest absolute Gasteiger partial charge is 0.191 e. The minimum atomic E-state index is 0.597. The number of rotatable bonds is 6. The predicted octanol–water partition coefficient (Wildman–Crippen LogP) is 2.54. The van der Waals surface area contributed by atoms with Crippen LogP contribution in [0.1, 0.15) is 22.2 Å². The van der Waals surface area contributed by atoms with Gasteiger partial charge in [-0.3, -0.25) is 0 Å². The summed E-state index contributed by atoms with van der Waals surface area (Å²) in [7, 11) is 0. The van der Waals surface area contributed by atoms with Crippen molar-refractivity contribution in [3.63, 3.8) is 0 Å². The van der Waals surface area contributed by atoms with E-state index >= 15 is 0 Å². The number of nitrogens with one attached hydrogen (secondary N) is 2. The van der Waals surface area contributed by atoms with Gasteiger partial charge in [0.2, 0.25) is 0 Å². The summed E-state index contributed by atoms with van der Waals surface area (Å²) in [4.78, 5) is 14.3. The number of anilines is 1. The third kappa shape index (κ3) is 5.19. The highest BCUT2D eigenvalue weighted by atomic mass is 32.1. The van der Waals surface area contributed by atoms with Crippen LogP contribution in [0.15, 0.2) is 35.5 Å². The molecule has 2 aromatic heterocycles. The number of hydrogen-bond acceptors (Lipinski definition) is 5. The number of aryl methyl sites for hydroxylation is 1. The molecule has 0 bridgehead atoms. The Morgan fingerprint density at radius 3 is 2.85 bits per heavy atom. The molecular weight excluding hydrogens is 346 g/mol. The lowest BCUT2D eigenvalue weighted by Crippen LogP contribution is -2.38. The molecule has 1 aliphatic heterocycles. The SMILES string of the molecule is CCNC(=NCc1cccnc1N1CCOCC1)NCc1ccc(C)s1. The number of aromatic nitrogens is 1. The fourth-order valence-electron chi connectivity index (χ4n) is 2.87. The van der Waals surface area contributed by atoms with Gasteiger partial charge in [0.25, 0.3) is 0 Å². The monoisotopic (exact) mass is 373 g/mol. The Kier molecular flexibility index (Phi) is 6.85. The number of aliphatic imine (C=N–C) groups is 1. The van der Waals surface area contributed by atoms with Crippen LogP contribution in [0, 0.1) is 6.92 Å². The normalized spacial score (nSPS) is 15.2. The van der Waals surface area contributed by atoms with E-state index in [4.69, 9.17) is 9.73 Å². The van der Waals surface area contributed by atoms with Gasteiger partial charge in [-0.05, 0) is 32.0 Å². The molecule has 3 rings (SSSR count). The number of hydrogen-bond donors (Lipinski definition) is 2. The molecule has 0 unspecified atom stereocenters. The largest absolute Gasteiger partial charge is 0.378 e. The van der Waals surface area contributed by atoms with Crippen molar-refractivity contribution in [3.8, 4) is 0 Å². The topological polar surface area (TPSA) is 61.8 Å². The lowest BCUT2D eigenvalue weighted by atomic mass is 10.2. The summed E-state index contributed by atoms with van der Waals surface area (Å²) in [6, 6.07) is 8.39. The van der Waals surface area contributed by atoms with Gasteiger partial charge in [0, 0.05) is 41.1 Å². The van der Waals surface area contributed by atoms with Crippen LogP contribution in [0.4, 0.5) is 5.82 Å². The number of guanidine groups is 1. The van der Waals surface area contributed by atoms with E-state index in [-0.39, 0.29) is 0 Å². The zero-order valence-corrected chi connectivity index (χ0v) is 16.3. The molecule has 7 heteroatoms. The summed E-state index contributed by atoms with van der Waals surface area (Å²) in [5, 5.41) is 6.73. The standard InChI is InChI=1S/C19H27N5OS/c1-3-20-19(23-14-17-7-6-15(2)26-17)22-13-16-5-4-8-21-18(16)24-9-11-25-12-10-24/h4-8H,3,9-14H2,1-2H3,(H2,20,22,23). The molecule has 2 N–H and O–H groups in total. The Balaban J connectivity index is 1.67. The molecule has 0 amide bonds. The van der Waals surface area contributed by atoms with Gasteiger partial charge in [-0.1, -0.05) is 6.07 Å². The second kappa shape index (κ2) is 9.54. The first-order chi connectivity index (χ1) is 12.8. The van der Waals surface area contributed by atoms with Crippen LogP contribution in [0.25, 0.3) is 0 Å². The van der Waals surface area contributed by atoms with Gasteiger partial charge in [-0.15, -0.1) is 11.3 Å². The van der Waals surface area contributed by atoms with E-state index in [1.165, 1.54) is 9.75 Å². The fraction of sp³-hybridized carbons (Fsp3) is 0.474. The van der Waals surface area contributed by atoms with Crippen LogP contribution in [-0.2, 0) is 17.8 Å². The summed E-state index contributed by atoms with van der Waals surface area (Å²) in [6.45, 7) is 9.69. The molecular formula is C19H27N5OS. The molecule has 3 heterocycles. The summed E-state index contributed by atoms with van der Waals surface area (Å²) in [5.41, 5.74) is 1.14. The Morgan fingerprint density at radius 2 is 2.12 bits per heavy atom. The molecule has 1 fully saturated rings. The van der Waals surface area contributed by atoms with E-state index < -0.39 is 0 Å².